The van der Waals surface area contributed by atoms with Crippen molar-refractivity contribution in [1.82, 2.24) is 4.90 Å². The molecule has 0 radical (unpaired) electrons. The van der Waals surface area contributed by atoms with Gasteiger partial charge in [-0.3, -0.25) is 14.5 Å². The van der Waals surface area contributed by atoms with Crippen LogP contribution in [-0.2, 0) is 9.59 Å². The van der Waals surface area contributed by atoms with Gasteiger partial charge in [-0.25, -0.2) is 0 Å². The SMILES string of the molecule is O=C(CN1C[C@@H](C(F)(F)F)[C@H](C(=O)O)C1)Nc1ccc(-c2ccccc2)cc1. The van der Waals surface area contributed by atoms with Crippen LogP contribution in [0.1, 0.15) is 0 Å². The van der Waals surface area contributed by atoms with E-state index >= 15 is 0 Å². The number of alkyl halides is 3. The van der Waals surface area contributed by atoms with Gasteiger partial charge in [0.25, 0.3) is 0 Å². The van der Waals surface area contributed by atoms with Gasteiger partial charge in [0.2, 0.25) is 5.91 Å². The van der Waals surface area contributed by atoms with Crippen molar-refractivity contribution in [3.05, 3.63) is 54.6 Å². The van der Waals surface area contributed by atoms with Gasteiger partial charge in [-0.1, -0.05) is 42.5 Å². The highest BCUT2D eigenvalue weighted by atomic mass is 19.4. The molecule has 1 heterocycles. The minimum atomic E-state index is -4.61. The molecule has 1 fully saturated rings. The lowest BCUT2D eigenvalue weighted by Crippen LogP contribution is -2.34. The summed E-state index contributed by atoms with van der Waals surface area (Å²) in [5.41, 5.74) is 2.51. The van der Waals surface area contributed by atoms with E-state index in [1.165, 1.54) is 4.90 Å². The Morgan fingerprint density at radius 1 is 1.00 bits per heavy atom. The number of hydrogen-bond acceptors (Lipinski definition) is 3. The van der Waals surface area contributed by atoms with Gasteiger partial charge in [0.05, 0.1) is 18.4 Å². The number of carboxylic acids is 1. The lowest BCUT2D eigenvalue weighted by atomic mass is 9.96. The van der Waals surface area contributed by atoms with E-state index in [4.69, 9.17) is 5.11 Å². The average Bonchev–Trinajstić information content (AvgIpc) is 3.07. The fourth-order valence-corrected chi connectivity index (χ4v) is 3.38. The lowest BCUT2D eigenvalue weighted by molar-refractivity contribution is -0.188. The molecule has 0 spiro atoms. The van der Waals surface area contributed by atoms with Crippen LogP contribution in [0.4, 0.5) is 18.9 Å². The number of carbonyl (C=O) groups is 2. The molecular formula is C20H19F3N2O3. The largest absolute Gasteiger partial charge is 0.481 e. The van der Waals surface area contributed by atoms with E-state index in [-0.39, 0.29) is 13.1 Å². The molecule has 5 nitrogen and oxygen atoms in total. The molecule has 1 saturated heterocycles. The molecule has 0 aliphatic carbocycles. The lowest BCUT2D eigenvalue weighted by Gasteiger charge is -2.18. The molecular weight excluding hydrogens is 373 g/mol. The van der Waals surface area contributed by atoms with Crippen molar-refractivity contribution in [2.24, 2.45) is 11.8 Å². The number of carboxylic acid groups (broad SMARTS) is 1. The molecule has 1 amide bonds. The van der Waals surface area contributed by atoms with Crippen LogP contribution >= 0.6 is 0 Å². The number of amides is 1. The predicted molar refractivity (Wildman–Crippen MR) is 97.6 cm³/mol. The third-order valence-corrected chi connectivity index (χ3v) is 4.78. The minimum Gasteiger partial charge on any atom is -0.481 e. The second-order valence-corrected chi connectivity index (χ2v) is 6.78. The zero-order chi connectivity index (χ0) is 20.3. The predicted octanol–water partition coefficient (Wildman–Crippen LogP) is 3.49. The van der Waals surface area contributed by atoms with Crippen molar-refractivity contribution in [1.29, 1.82) is 0 Å². The zero-order valence-corrected chi connectivity index (χ0v) is 14.8. The van der Waals surface area contributed by atoms with Crippen molar-refractivity contribution in [3.63, 3.8) is 0 Å². The summed E-state index contributed by atoms with van der Waals surface area (Å²) in [6.45, 7) is -1.10. The van der Waals surface area contributed by atoms with E-state index in [0.717, 1.165) is 11.1 Å². The number of rotatable bonds is 5. The van der Waals surface area contributed by atoms with Crippen LogP contribution in [0.25, 0.3) is 11.1 Å². The van der Waals surface area contributed by atoms with E-state index in [1.807, 2.05) is 42.5 Å². The monoisotopic (exact) mass is 392 g/mol. The molecule has 1 aliphatic heterocycles. The first-order valence-corrected chi connectivity index (χ1v) is 8.71. The first kappa shape index (κ1) is 19.9. The Morgan fingerprint density at radius 3 is 2.14 bits per heavy atom. The van der Waals surface area contributed by atoms with Crippen molar-refractivity contribution in [3.8, 4) is 11.1 Å². The minimum absolute atomic E-state index is 0.295. The summed E-state index contributed by atoms with van der Waals surface area (Å²) >= 11 is 0. The summed E-state index contributed by atoms with van der Waals surface area (Å²) in [4.78, 5) is 24.5. The molecule has 2 N–H and O–H groups in total. The number of benzene rings is 2. The summed E-state index contributed by atoms with van der Waals surface area (Å²) < 4.78 is 39.0. The van der Waals surface area contributed by atoms with Gasteiger partial charge >= 0.3 is 12.1 Å². The summed E-state index contributed by atoms with van der Waals surface area (Å²) in [6, 6.07) is 16.7. The van der Waals surface area contributed by atoms with Crippen LogP contribution in [-0.4, -0.2) is 47.7 Å². The number of nitrogens with one attached hydrogen (secondary N) is 1. The second kappa shape index (κ2) is 8.02. The van der Waals surface area contributed by atoms with Gasteiger partial charge in [-0.2, -0.15) is 13.2 Å². The number of hydrogen-bond donors (Lipinski definition) is 2. The molecule has 3 rings (SSSR count). The van der Waals surface area contributed by atoms with Gasteiger partial charge < -0.3 is 10.4 Å². The number of nitrogens with zero attached hydrogens (tertiary/aromatic N) is 1. The second-order valence-electron chi connectivity index (χ2n) is 6.78. The van der Waals surface area contributed by atoms with E-state index in [0.29, 0.717) is 5.69 Å². The number of halogens is 3. The van der Waals surface area contributed by atoms with Crippen molar-refractivity contribution in [2.45, 2.75) is 6.18 Å². The first-order chi connectivity index (χ1) is 13.2. The van der Waals surface area contributed by atoms with Crippen LogP contribution < -0.4 is 5.32 Å². The maximum Gasteiger partial charge on any atom is 0.393 e. The smallest absolute Gasteiger partial charge is 0.393 e. The molecule has 0 unspecified atom stereocenters. The normalized spacial score (nSPS) is 20.1. The average molecular weight is 392 g/mol. The molecule has 0 bridgehead atoms. The third-order valence-electron chi connectivity index (χ3n) is 4.78. The summed E-state index contributed by atoms with van der Waals surface area (Å²) in [7, 11) is 0. The fraction of sp³-hybridized carbons (Fsp3) is 0.300. The van der Waals surface area contributed by atoms with E-state index in [9.17, 15) is 22.8 Å². The van der Waals surface area contributed by atoms with E-state index < -0.39 is 36.4 Å². The number of aliphatic carboxylic acids is 1. The molecule has 148 valence electrons. The van der Waals surface area contributed by atoms with Gasteiger partial charge in [0.1, 0.15) is 0 Å². The van der Waals surface area contributed by atoms with Gasteiger partial charge in [0, 0.05) is 18.8 Å². The van der Waals surface area contributed by atoms with Crippen molar-refractivity contribution in [2.75, 3.05) is 25.0 Å². The quantitative estimate of drug-likeness (QED) is 0.817. The molecule has 28 heavy (non-hydrogen) atoms. The Hall–Kier alpha value is -2.87. The standard InChI is InChI=1S/C20H19F3N2O3/c21-20(22,23)17-11-25(10-16(17)19(27)28)12-18(26)24-15-8-6-14(7-9-15)13-4-2-1-3-5-13/h1-9,16-17H,10-12H2,(H,24,26)(H,27,28)/t16-,17-/m1/s1. The van der Waals surface area contributed by atoms with E-state index in [2.05, 4.69) is 5.32 Å². The van der Waals surface area contributed by atoms with E-state index in [1.54, 1.807) is 12.1 Å². The number of anilines is 1. The van der Waals surface area contributed by atoms with Gasteiger partial charge in [-0.05, 0) is 23.3 Å². The molecule has 8 heteroatoms. The Morgan fingerprint density at radius 2 is 1.61 bits per heavy atom. The Labute approximate surface area is 159 Å². The Bertz CT molecular complexity index is 838. The van der Waals surface area contributed by atoms with Crippen LogP contribution in [0, 0.1) is 11.8 Å². The topological polar surface area (TPSA) is 69.6 Å². The van der Waals surface area contributed by atoms with Crippen LogP contribution in [0.15, 0.2) is 54.6 Å². The summed E-state index contributed by atoms with van der Waals surface area (Å²) in [5.74, 6) is -5.51. The van der Waals surface area contributed by atoms with Crippen molar-refractivity contribution >= 4 is 17.6 Å². The molecule has 2 aromatic carbocycles. The number of likely N-dealkylation sites (tertiary alicyclic amines) is 1. The fourth-order valence-electron chi connectivity index (χ4n) is 3.38. The molecule has 1 aliphatic rings. The maximum absolute atomic E-state index is 13.0. The highest BCUT2D eigenvalue weighted by molar-refractivity contribution is 5.92. The van der Waals surface area contributed by atoms with Crippen LogP contribution in [0.3, 0.4) is 0 Å². The Kier molecular flexibility index (Phi) is 5.69. The molecule has 2 atom stereocenters. The summed E-state index contributed by atoms with van der Waals surface area (Å²) in [5, 5.41) is 11.7. The van der Waals surface area contributed by atoms with Crippen LogP contribution in [0.5, 0.6) is 0 Å². The third kappa shape index (κ3) is 4.69. The highest BCUT2D eigenvalue weighted by Gasteiger charge is 2.52. The molecule has 0 aromatic heterocycles. The molecule has 2 aromatic rings. The van der Waals surface area contributed by atoms with Gasteiger partial charge in [-0.15, -0.1) is 0 Å². The number of carbonyl (C=O) groups excluding carboxylic acids is 1. The highest BCUT2D eigenvalue weighted by Crippen LogP contribution is 2.37. The molecule has 0 saturated carbocycles. The zero-order valence-electron chi connectivity index (χ0n) is 14.8. The van der Waals surface area contributed by atoms with Gasteiger partial charge in [0.15, 0.2) is 0 Å². The maximum atomic E-state index is 13.0. The first-order valence-electron chi connectivity index (χ1n) is 8.71. The Balaban J connectivity index is 1.59. The van der Waals surface area contributed by atoms with Crippen molar-refractivity contribution < 1.29 is 27.9 Å². The summed E-state index contributed by atoms with van der Waals surface area (Å²) in [6.07, 6.45) is -4.61. The van der Waals surface area contributed by atoms with Crippen LogP contribution in [0.2, 0.25) is 0 Å².